The van der Waals surface area contributed by atoms with Crippen LogP contribution in [-0.2, 0) is 11.3 Å². The van der Waals surface area contributed by atoms with E-state index in [0.717, 1.165) is 5.56 Å². The highest BCUT2D eigenvalue weighted by Gasteiger charge is 2.04. The maximum absolute atomic E-state index is 10.5. The molecule has 0 unspecified atom stereocenters. The van der Waals surface area contributed by atoms with Crippen LogP contribution in [0.25, 0.3) is 12.2 Å². The zero-order valence-electron chi connectivity index (χ0n) is 9.60. The summed E-state index contributed by atoms with van der Waals surface area (Å²) in [6, 6.07) is 9.73. The Balaban J connectivity index is 2.08. The van der Waals surface area contributed by atoms with Crippen LogP contribution < -0.4 is 0 Å². The summed E-state index contributed by atoms with van der Waals surface area (Å²) in [5.74, 6) is -0.330. The van der Waals surface area contributed by atoms with Crippen LogP contribution in [0.1, 0.15) is 17.8 Å². The lowest BCUT2D eigenvalue weighted by Gasteiger charge is -1.98. The van der Waals surface area contributed by atoms with Crippen LogP contribution in [0, 0.1) is 0 Å². The van der Waals surface area contributed by atoms with Gasteiger partial charge in [-0.25, -0.2) is 4.68 Å². The molecule has 18 heavy (non-hydrogen) atoms. The molecule has 92 valence electrons. The van der Waals surface area contributed by atoms with Gasteiger partial charge in [-0.2, -0.15) is 0 Å². The van der Waals surface area contributed by atoms with Gasteiger partial charge in [0.25, 0.3) is 0 Å². The molecule has 1 N–H and O–H groups in total. The molecule has 1 heterocycles. The van der Waals surface area contributed by atoms with Crippen LogP contribution in [-0.4, -0.2) is 31.3 Å². The topological polar surface area (TPSA) is 80.9 Å². The molecule has 0 fully saturated rings. The minimum atomic E-state index is -0.872. The zero-order chi connectivity index (χ0) is 12.8. The van der Waals surface area contributed by atoms with Gasteiger partial charge in [0.2, 0.25) is 0 Å². The lowest BCUT2D eigenvalue weighted by molar-refractivity contribution is -0.137. The van der Waals surface area contributed by atoms with Crippen molar-refractivity contribution in [1.29, 1.82) is 0 Å². The molecule has 0 bridgehead atoms. The normalized spacial score (nSPS) is 10.9. The lowest BCUT2D eigenvalue weighted by atomic mass is 10.2. The number of tetrazole rings is 1. The van der Waals surface area contributed by atoms with Gasteiger partial charge < -0.3 is 5.11 Å². The molecule has 0 aliphatic carbocycles. The Morgan fingerprint density at radius 1 is 1.28 bits per heavy atom. The Morgan fingerprint density at radius 2 is 2.06 bits per heavy atom. The van der Waals surface area contributed by atoms with Crippen molar-refractivity contribution in [3.05, 3.63) is 41.7 Å². The molecule has 0 radical (unpaired) electrons. The molecule has 0 atom stereocenters. The van der Waals surface area contributed by atoms with E-state index >= 15 is 0 Å². The van der Waals surface area contributed by atoms with Crippen molar-refractivity contribution in [3.63, 3.8) is 0 Å². The van der Waals surface area contributed by atoms with Gasteiger partial charge in [0.15, 0.2) is 5.82 Å². The third-order valence-electron chi connectivity index (χ3n) is 2.32. The minimum absolute atomic E-state index is 0.00276. The molecular formula is C12H12N4O2. The second-order valence-electron chi connectivity index (χ2n) is 3.65. The van der Waals surface area contributed by atoms with Crippen molar-refractivity contribution in [2.45, 2.75) is 13.0 Å². The average molecular weight is 244 g/mol. The Morgan fingerprint density at radius 3 is 2.78 bits per heavy atom. The van der Waals surface area contributed by atoms with Gasteiger partial charge in [-0.3, -0.25) is 4.79 Å². The van der Waals surface area contributed by atoms with E-state index in [-0.39, 0.29) is 13.0 Å². The number of aromatic nitrogens is 4. The molecule has 1 aromatic heterocycles. The third-order valence-corrected chi connectivity index (χ3v) is 2.32. The number of carboxylic acids is 1. The Bertz CT molecular complexity index is 548. The largest absolute Gasteiger partial charge is 0.481 e. The van der Waals surface area contributed by atoms with E-state index in [2.05, 4.69) is 15.5 Å². The molecule has 0 aliphatic rings. The standard InChI is InChI=1S/C12H12N4O2/c17-12(18)8-9-16-11(13-14-15-16)7-6-10-4-2-1-3-5-10/h1-7H,8-9H2,(H,17,18)/b7-6+. The molecule has 0 saturated carbocycles. The summed E-state index contributed by atoms with van der Waals surface area (Å²) in [5, 5.41) is 19.7. The second kappa shape index (κ2) is 5.72. The monoisotopic (exact) mass is 244 g/mol. The smallest absolute Gasteiger partial charge is 0.305 e. The number of aliphatic carboxylic acids is 1. The Kier molecular flexibility index (Phi) is 3.80. The van der Waals surface area contributed by atoms with Crippen molar-refractivity contribution in [3.8, 4) is 0 Å². The number of carbonyl (C=O) groups is 1. The molecule has 1 aromatic carbocycles. The highest BCUT2D eigenvalue weighted by atomic mass is 16.4. The molecule has 0 aliphatic heterocycles. The third kappa shape index (κ3) is 3.24. The Hall–Kier alpha value is -2.50. The molecule has 2 rings (SSSR count). The van der Waals surface area contributed by atoms with E-state index < -0.39 is 5.97 Å². The molecular weight excluding hydrogens is 232 g/mol. The first-order chi connectivity index (χ1) is 8.75. The van der Waals surface area contributed by atoms with Gasteiger partial charge in [-0.05, 0) is 22.1 Å². The summed E-state index contributed by atoms with van der Waals surface area (Å²) in [6.45, 7) is 0.261. The van der Waals surface area contributed by atoms with Gasteiger partial charge in [-0.1, -0.05) is 36.4 Å². The molecule has 0 saturated heterocycles. The van der Waals surface area contributed by atoms with Crippen molar-refractivity contribution in [1.82, 2.24) is 20.2 Å². The first-order valence-electron chi connectivity index (χ1n) is 5.47. The molecule has 6 heteroatoms. The van der Waals surface area contributed by atoms with Crippen LogP contribution in [0.3, 0.4) is 0 Å². The summed E-state index contributed by atoms with van der Waals surface area (Å²) in [6.07, 6.45) is 3.64. The number of hydrogen-bond donors (Lipinski definition) is 1. The quantitative estimate of drug-likeness (QED) is 0.857. The Labute approximate surface area is 104 Å². The SMILES string of the molecule is O=C(O)CCn1nnnc1/C=C/c1ccccc1. The van der Waals surface area contributed by atoms with E-state index in [1.807, 2.05) is 36.4 Å². The molecule has 0 amide bonds. The highest BCUT2D eigenvalue weighted by molar-refractivity contribution is 5.67. The van der Waals surface area contributed by atoms with Crippen molar-refractivity contribution in [2.75, 3.05) is 0 Å². The van der Waals surface area contributed by atoms with Crippen LogP contribution in [0.2, 0.25) is 0 Å². The van der Waals surface area contributed by atoms with Crippen molar-refractivity contribution in [2.24, 2.45) is 0 Å². The van der Waals surface area contributed by atoms with Gasteiger partial charge >= 0.3 is 5.97 Å². The molecule has 0 spiro atoms. The van der Waals surface area contributed by atoms with Gasteiger partial charge in [0, 0.05) is 0 Å². The van der Waals surface area contributed by atoms with E-state index in [9.17, 15) is 4.79 Å². The van der Waals surface area contributed by atoms with Crippen molar-refractivity contribution >= 4 is 18.1 Å². The fourth-order valence-electron chi connectivity index (χ4n) is 1.43. The van der Waals surface area contributed by atoms with E-state index in [1.165, 1.54) is 4.68 Å². The highest BCUT2D eigenvalue weighted by Crippen LogP contribution is 2.05. The summed E-state index contributed by atoms with van der Waals surface area (Å²) in [7, 11) is 0. The minimum Gasteiger partial charge on any atom is -0.481 e. The maximum Gasteiger partial charge on any atom is 0.305 e. The zero-order valence-corrected chi connectivity index (χ0v) is 9.60. The maximum atomic E-state index is 10.5. The number of rotatable bonds is 5. The predicted molar refractivity (Wildman–Crippen MR) is 65.4 cm³/mol. The molecule has 2 aromatic rings. The number of aryl methyl sites for hydroxylation is 1. The first kappa shape index (κ1) is 12.0. The fourth-order valence-corrected chi connectivity index (χ4v) is 1.43. The fraction of sp³-hybridized carbons (Fsp3) is 0.167. The van der Waals surface area contributed by atoms with Crippen LogP contribution in [0.4, 0.5) is 0 Å². The summed E-state index contributed by atoms with van der Waals surface area (Å²) in [5.41, 5.74) is 1.03. The lowest BCUT2D eigenvalue weighted by Crippen LogP contribution is -2.07. The number of hydrogen-bond acceptors (Lipinski definition) is 4. The summed E-state index contributed by atoms with van der Waals surface area (Å²) in [4.78, 5) is 10.5. The average Bonchev–Trinajstić information content (AvgIpc) is 2.82. The van der Waals surface area contributed by atoms with E-state index in [1.54, 1.807) is 6.08 Å². The van der Waals surface area contributed by atoms with Crippen LogP contribution in [0.15, 0.2) is 30.3 Å². The predicted octanol–water partition coefficient (Wildman–Crippen LogP) is 1.32. The summed E-state index contributed by atoms with van der Waals surface area (Å²) < 4.78 is 1.47. The van der Waals surface area contributed by atoms with Gasteiger partial charge in [-0.15, -0.1) is 5.10 Å². The van der Waals surface area contributed by atoms with Crippen LogP contribution in [0.5, 0.6) is 0 Å². The van der Waals surface area contributed by atoms with Crippen LogP contribution >= 0.6 is 0 Å². The second-order valence-corrected chi connectivity index (χ2v) is 3.65. The van der Waals surface area contributed by atoms with E-state index in [0.29, 0.717) is 5.82 Å². The van der Waals surface area contributed by atoms with Gasteiger partial charge in [0.05, 0.1) is 13.0 Å². The number of nitrogens with zero attached hydrogens (tertiary/aromatic N) is 4. The van der Waals surface area contributed by atoms with Crippen molar-refractivity contribution < 1.29 is 9.90 Å². The van der Waals surface area contributed by atoms with E-state index in [4.69, 9.17) is 5.11 Å². The summed E-state index contributed by atoms with van der Waals surface area (Å²) >= 11 is 0. The molecule has 6 nitrogen and oxygen atoms in total. The number of carboxylic acid groups (broad SMARTS) is 1. The van der Waals surface area contributed by atoms with Gasteiger partial charge in [0.1, 0.15) is 0 Å². The first-order valence-corrected chi connectivity index (χ1v) is 5.47. The number of benzene rings is 1.